The molecule has 1 fully saturated rings. The van der Waals surface area contributed by atoms with Crippen molar-refractivity contribution in [3.05, 3.63) is 57.5 Å². The lowest BCUT2D eigenvalue weighted by Gasteiger charge is -2.36. The highest BCUT2D eigenvalue weighted by Gasteiger charge is 2.23. The van der Waals surface area contributed by atoms with Crippen LogP contribution in [-0.2, 0) is 29.0 Å². The Morgan fingerprint density at radius 3 is 2.58 bits per heavy atom. The summed E-state index contributed by atoms with van der Waals surface area (Å²) in [6.07, 6.45) is 5.56. The standard InChI is InChI=1S/C24H27N5O3S/c30-20(15-29-16-26-23-22(24(29)32)18-8-4-5-9-19(18)33-23)25-14-21(31)28-12-10-27(11-13-28)17-6-2-1-3-7-17/h1-3,6-7,16H,4-5,8-15H2,(H,25,30). The zero-order valence-corrected chi connectivity index (χ0v) is 19.3. The van der Waals surface area contributed by atoms with Crippen LogP contribution in [0.15, 0.2) is 41.5 Å². The van der Waals surface area contributed by atoms with Crippen molar-refractivity contribution in [2.24, 2.45) is 0 Å². The third kappa shape index (κ3) is 4.50. The van der Waals surface area contributed by atoms with Crippen molar-refractivity contribution in [1.29, 1.82) is 0 Å². The first-order valence-corrected chi connectivity index (χ1v) is 12.3. The van der Waals surface area contributed by atoms with E-state index in [-0.39, 0.29) is 30.5 Å². The molecule has 3 heterocycles. The van der Waals surface area contributed by atoms with Crippen LogP contribution in [0.2, 0.25) is 0 Å². The quantitative estimate of drug-likeness (QED) is 0.621. The number of thiophene rings is 1. The maximum Gasteiger partial charge on any atom is 0.262 e. The zero-order chi connectivity index (χ0) is 22.8. The van der Waals surface area contributed by atoms with E-state index in [4.69, 9.17) is 0 Å². The number of hydrogen-bond donors (Lipinski definition) is 1. The molecule has 1 aliphatic heterocycles. The number of fused-ring (bicyclic) bond motifs is 3. The monoisotopic (exact) mass is 465 g/mol. The third-order valence-corrected chi connectivity index (χ3v) is 7.65. The Hall–Kier alpha value is -3.20. The minimum atomic E-state index is -0.362. The van der Waals surface area contributed by atoms with E-state index in [0.717, 1.165) is 54.9 Å². The van der Waals surface area contributed by atoms with Crippen molar-refractivity contribution in [3.63, 3.8) is 0 Å². The van der Waals surface area contributed by atoms with Gasteiger partial charge in [0.05, 0.1) is 18.3 Å². The fourth-order valence-electron chi connectivity index (χ4n) is 4.64. The van der Waals surface area contributed by atoms with Gasteiger partial charge in [-0.25, -0.2) is 4.98 Å². The fraction of sp³-hybridized carbons (Fsp3) is 0.417. The van der Waals surface area contributed by atoms with Crippen molar-refractivity contribution in [3.8, 4) is 0 Å². The average Bonchev–Trinajstić information content (AvgIpc) is 3.24. The molecule has 0 bridgehead atoms. The molecule has 0 radical (unpaired) electrons. The van der Waals surface area contributed by atoms with E-state index in [0.29, 0.717) is 18.5 Å². The highest BCUT2D eigenvalue weighted by Crippen LogP contribution is 2.33. The minimum Gasteiger partial charge on any atom is -0.368 e. The molecule has 172 valence electrons. The normalized spacial score (nSPS) is 16.0. The van der Waals surface area contributed by atoms with Crippen molar-refractivity contribution >= 4 is 39.1 Å². The van der Waals surface area contributed by atoms with Crippen LogP contribution in [0.4, 0.5) is 5.69 Å². The van der Waals surface area contributed by atoms with Crippen molar-refractivity contribution in [1.82, 2.24) is 19.8 Å². The highest BCUT2D eigenvalue weighted by molar-refractivity contribution is 7.18. The molecular weight excluding hydrogens is 438 g/mol. The zero-order valence-electron chi connectivity index (χ0n) is 18.5. The lowest BCUT2D eigenvalue weighted by atomic mass is 9.97. The SMILES string of the molecule is O=C(Cn1cnc2sc3c(c2c1=O)CCCC3)NCC(=O)N1CCN(c2ccccc2)CC1. The largest absolute Gasteiger partial charge is 0.368 e. The third-order valence-electron chi connectivity index (χ3n) is 6.45. The number of nitrogens with zero attached hydrogens (tertiary/aromatic N) is 4. The highest BCUT2D eigenvalue weighted by atomic mass is 32.1. The molecule has 1 N–H and O–H groups in total. The number of carbonyl (C=O) groups excluding carboxylic acids is 2. The molecule has 0 atom stereocenters. The first-order chi connectivity index (χ1) is 16.1. The number of aryl methyl sites for hydroxylation is 2. The van der Waals surface area contributed by atoms with Gasteiger partial charge in [-0.3, -0.25) is 19.0 Å². The van der Waals surface area contributed by atoms with Crippen molar-refractivity contribution in [2.45, 2.75) is 32.2 Å². The molecule has 2 aromatic heterocycles. The number of amides is 2. The molecule has 3 aromatic rings. The number of aromatic nitrogens is 2. The molecule has 1 saturated heterocycles. The Kier molecular flexibility index (Phi) is 6.13. The summed E-state index contributed by atoms with van der Waals surface area (Å²) in [5.74, 6) is -0.470. The molecule has 8 nitrogen and oxygen atoms in total. The number of nitrogens with one attached hydrogen (secondary N) is 1. The summed E-state index contributed by atoms with van der Waals surface area (Å²) in [5.41, 5.74) is 2.09. The van der Waals surface area contributed by atoms with E-state index in [9.17, 15) is 14.4 Å². The summed E-state index contributed by atoms with van der Waals surface area (Å²) >= 11 is 1.59. The van der Waals surface area contributed by atoms with Crippen LogP contribution >= 0.6 is 11.3 Å². The number of hydrogen-bond acceptors (Lipinski definition) is 6. The maximum absolute atomic E-state index is 13.0. The van der Waals surface area contributed by atoms with Crippen LogP contribution in [0.1, 0.15) is 23.3 Å². The Morgan fingerprint density at radius 1 is 1.03 bits per heavy atom. The number of carbonyl (C=O) groups is 2. The number of benzene rings is 1. The van der Waals surface area contributed by atoms with Gasteiger partial charge < -0.3 is 15.1 Å². The van der Waals surface area contributed by atoms with E-state index in [2.05, 4.69) is 27.3 Å². The molecule has 0 unspecified atom stereocenters. The van der Waals surface area contributed by atoms with Crippen LogP contribution in [0.5, 0.6) is 0 Å². The first-order valence-electron chi connectivity index (χ1n) is 11.4. The van der Waals surface area contributed by atoms with Crippen molar-refractivity contribution < 1.29 is 9.59 Å². The molecule has 0 saturated carbocycles. The summed E-state index contributed by atoms with van der Waals surface area (Å²) in [6.45, 7) is 2.55. The summed E-state index contributed by atoms with van der Waals surface area (Å²) in [4.78, 5) is 48.5. The number of rotatable bonds is 5. The van der Waals surface area contributed by atoms with Gasteiger partial charge in [0.2, 0.25) is 11.8 Å². The van der Waals surface area contributed by atoms with E-state index in [1.807, 2.05) is 18.2 Å². The smallest absolute Gasteiger partial charge is 0.262 e. The lowest BCUT2D eigenvalue weighted by molar-refractivity contribution is -0.133. The lowest BCUT2D eigenvalue weighted by Crippen LogP contribution is -2.51. The Morgan fingerprint density at radius 2 is 1.79 bits per heavy atom. The molecular formula is C24H27N5O3S. The van der Waals surface area contributed by atoms with Gasteiger partial charge in [0, 0.05) is 36.7 Å². The average molecular weight is 466 g/mol. The summed E-state index contributed by atoms with van der Waals surface area (Å²) < 4.78 is 1.35. The second-order valence-corrected chi connectivity index (χ2v) is 9.63. The van der Waals surface area contributed by atoms with Gasteiger partial charge in [-0.1, -0.05) is 18.2 Å². The first kappa shape index (κ1) is 21.6. The second kappa shape index (κ2) is 9.35. The molecule has 9 heteroatoms. The number of para-hydroxylation sites is 1. The van der Waals surface area contributed by atoms with Crippen molar-refractivity contribution in [2.75, 3.05) is 37.6 Å². The van der Waals surface area contributed by atoms with E-state index >= 15 is 0 Å². The second-order valence-electron chi connectivity index (χ2n) is 8.55. The summed E-state index contributed by atoms with van der Waals surface area (Å²) in [7, 11) is 0. The Labute approximate surface area is 195 Å². The summed E-state index contributed by atoms with van der Waals surface area (Å²) in [6, 6.07) is 10.1. The Bertz CT molecular complexity index is 1230. The predicted octanol–water partition coefficient (Wildman–Crippen LogP) is 1.80. The van der Waals surface area contributed by atoms with E-state index in [1.165, 1.54) is 15.8 Å². The van der Waals surface area contributed by atoms with E-state index < -0.39 is 0 Å². The molecule has 2 amide bonds. The van der Waals surface area contributed by atoms with E-state index in [1.54, 1.807) is 16.2 Å². The molecule has 5 rings (SSSR count). The van der Waals surface area contributed by atoms with Crippen LogP contribution in [-0.4, -0.2) is 59.0 Å². The van der Waals surface area contributed by atoms with Gasteiger partial charge in [0.25, 0.3) is 5.56 Å². The van der Waals surface area contributed by atoms with Gasteiger partial charge in [0.1, 0.15) is 11.4 Å². The topological polar surface area (TPSA) is 87.5 Å². The summed E-state index contributed by atoms with van der Waals surface area (Å²) in [5, 5.41) is 3.34. The number of anilines is 1. The molecule has 1 aliphatic carbocycles. The number of piperazine rings is 1. The van der Waals surface area contributed by atoms with Gasteiger partial charge in [-0.15, -0.1) is 11.3 Å². The van der Waals surface area contributed by atoms with Gasteiger partial charge in [-0.05, 0) is 43.4 Å². The fourth-order valence-corrected chi connectivity index (χ4v) is 5.86. The van der Waals surface area contributed by atoms with Crippen LogP contribution < -0.4 is 15.8 Å². The van der Waals surface area contributed by atoms with Gasteiger partial charge in [-0.2, -0.15) is 0 Å². The van der Waals surface area contributed by atoms with Crippen LogP contribution in [0.25, 0.3) is 10.2 Å². The van der Waals surface area contributed by atoms with Gasteiger partial charge in [0.15, 0.2) is 0 Å². The maximum atomic E-state index is 13.0. The van der Waals surface area contributed by atoms with Crippen LogP contribution in [0, 0.1) is 0 Å². The molecule has 33 heavy (non-hydrogen) atoms. The van der Waals surface area contributed by atoms with Crippen LogP contribution in [0.3, 0.4) is 0 Å². The molecule has 0 spiro atoms. The Balaban J connectivity index is 1.16. The molecule has 2 aliphatic rings. The minimum absolute atomic E-state index is 0.0670. The predicted molar refractivity (Wildman–Crippen MR) is 129 cm³/mol. The van der Waals surface area contributed by atoms with Gasteiger partial charge >= 0.3 is 0 Å². The molecule has 1 aromatic carbocycles.